The van der Waals surface area contributed by atoms with Gasteiger partial charge in [-0.05, 0) is 24.7 Å². The van der Waals surface area contributed by atoms with E-state index in [2.05, 4.69) is 0 Å². The number of hydrogen-bond donors (Lipinski definition) is 0. The van der Waals surface area contributed by atoms with Gasteiger partial charge in [0.05, 0.1) is 11.3 Å². The first-order valence-corrected chi connectivity index (χ1v) is 9.97. The van der Waals surface area contributed by atoms with Crippen molar-refractivity contribution in [1.82, 2.24) is 14.7 Å². The van der Waals surface area contributed by atoms with Gasteiger partial charge in [-0.25, -0.2) is 8.42 Å². The van der Waals surface area contributed by atoms with Crippen molar-refractivity contribution in [3.63, 3.8) is 0 Å². The van der Waals surface area contributed by atoms with Gasteiger partial charge in [-0.3, -0.25) is 14.5 Å². The van der Waals surface area contributed by atoms with Crippen molar-refractivity contribution in [2.24, 2.45) is 0 Å². The van der Waals surface area contributed by atoms with Crippen LogP contribution in [0.1, 0.15) is 5.56 Å². The molecule has 25 heavy (non-hydrogen) atoms. The van der Waals surface area contributed by atoms with Gasteiger partial charge in [0.25, 0.3) is 0 Å². The first kappa shape index (κ1) is 19.4. The van der Waals surface area contributed by atoms with Crippen LogP contribution in [-0.2, 0) is 25.8 Å². The van der Waals surface area contributed by atoms with E-state index < -0.39 is 9.84 Å². The minimum atomic E-state index is -3.24. The zero-order valence-electron chi connectivity index (χ0n) is 15.1. The van der Waals surface area contributed by atoms with Crippen molar-refractivity contribution in [3.8, 4) is 0 Å². The molecular weight excluding hydrogens is 342 g/mol. The van der Waals surface area contributed by atoms with Crippen LogP contribution in [0, 0.1) is 0 Å². The van der Waals surface area contributed by atoms with Gasteiger partial charge in [0.1, 0.15) is 6.04 Å². The predicted octanol–water partition coefficient (Wildman–Crippen LogP) is -0.137. The highest BCUT2D eigenvalue weighted by Crippen LogP contribution is 2.14. The fourth-order valence-corrected chi connectivity index (χ4v) is 3.44. The van der Waals surface area contributed by atoms with Gasteiger partial charge in [0.2, 0.25) is 11.8 Å². The topological polar surface area (TPSA) is 78.0 Å². The standard InChI is InChI=1S/C17H25N3O4S/c1-18(2)17(22)15-12-20(10-9-19(15)3)16(21)11-13-5-7-14(8-6-13)25(4,23)24/h5-8,15H,9-12H2,1-4H3. The summed E-state index contributed by atoms with van der Waals surface area (Å²) < 4.78 is 23.0. The number of hydrogen-bond acceptors (Lipinski definition) is 5. The van der Waals surface area contributed by atoms with Crippen LogP contribution in [0.25, 0.3) is 0 Å². The lowest BCUT2D eigenvalue weighted by Crippen LogP contribution is -2.58. The highest BCUT2D eigenvalue weighted by molar-refractivity contribution is 7.90. The average Bonchev–Trinajstić information content (AvgIpc) is 2.54. The number of carbonyl (C=O) groups excluding carboxylic acids is 2. The summed E-state index contributed by atoms with van der Waals surface area (Å²) in [5.41, 5.74) is 0.756. The third kappa shape index (κ3) is 4.79. The molecule has 1 heterocycles. The summed E-state index contributed by atoms with van der Waals surface area (Å²) in [4.78, 5) is 30.3. The van der Waals surface area contributed by atoms with E-state index in [1.54, 1.807) is 36.0 Å². The minimum absolute atomic E-state index is 0.0162. The van der Waals surface area contributed by atoms with E-state index >= 15 is 0 Å². The lowest BCUT2D eigenvalue weighted by molar-refractivity contribution is -0.141. The Morgan fingerprint density at radius 2 is 1.76 bits per heavy atom. The molecule has 0 saturated carbocycles. The highest BCUT2D eigenvalue weighted by atomic mass is 32.2. The van der Waals surface area contributed by atoms with E-state index in [9.17, 15) is 18.0 Å². The summed E-state index contributed by atoms with van der Waals surface area (Å²) in [5.74, 6) is -0.0748. The summed E-state index contributed by atoms with van der Waals surface area (Å²) in [6.45, 7) is 1.59. The summed E-state index contributed by atoms with van der Waals surface area (Å²) in [7, 11) is 2.06. The van der Waals surface area contributed by atoms with Gasteiger partial charge in [0, 0.05) is 40.0 Å². The van der Waals surface area contributed by atoms with Crippen molar-refractivity contribution >= 4 is 21.7 Å². The van der Waals surface area contributed by atoms with Crippen LogP contribution in [0.2, 0.25) is 0 Å². The Morgan fingerprint density at radius 3 is 2.28 bits per heavy atom. The molecule has 1 atom stereocenters. The molecule has 0 spiro atoms. The number of carbonyl (C=O) groups is 2. The summed E-state index contributed by atoms with van der Waals surface area (Å²) in [6.07, 6.45) is 1.34. The minimum Gasteiger partial charge on any atom is -0.347 e. The number of benzene rings is 1. The van der Waals surface area contributed by atoms with Crippen LogP contribution in [0.15, 0.2) is 29.2 Å². The molecule has 1 saturated heterocycles. The van der Waals surface area contributed by atoms with E-state index in [0.29, 0.717) is 19.6 Å². The van der Waals surface area contributed by atoms with Gasteiger partial charge in [-0.2, -0.15) is 0 Å². The molecule has 0 aliphatic carbocycles. The number of likely N-dealkylation sites (N-methyl/N-ethyl adjacent to an activating group) is 2. The van der Waals surface area contributed by atoms with E-state index in [4.69, 9.17) is 0 Å². The Balaban J connectivity index is 2.04. The Morgan fingerprint density at radius 1 is 1.16 bits per heavy atom. The van der Waals surface area contributed by atoms with Gasteiger partial charge >= 0.3 is 0 Å². The summed E-state index contributed by atoms with van der Waals surface area (Å²) in [6, 6.07) is 6.01. The predicted molar refractivity (Wildman–Crippen MR) is 94.9 cm³/mol. The molecule has 1 fully saturated rings. The molecule has 1 aromatic carbocycles. The molecule has 1 aliphatic heterocycles. The van der Waals surface area contributed by atoms with E-state index in [1.165, 1.54) is 12.1 Å². The smallest absolute Gasteiger partial charge is 0.241 e. The monoisotopic (exact) mass is 367 g/mol. The normalized spacial score (nSPS) is 18.9. The molecule has 0 aromatic heterocycles. The summed E-state index contributed by atoms with van der Waals surface area (Å²) in [5, 5.41) is 0. The molecule has 0 bridgehead atoms. The quantitative estimate of drug-likeness (QED) is 0.740. The molecule has 1 unspecified atom stereocenters. The fourth-order valence-electron chi connectivity index (χ4n) is 2.81. The Kier molecular flexibility index (Phi) is 5.84. The van der Waals surface area contributed by atoms with Crippen molar-refractivity contribution in [2.45, 2.75) is 17.4 Å². The molecule has 1 aromatic rings. The number of rotatable bonds is 4. The van der Waals surface area contributed by atoms with Crippen molar-refractivity contribution in [1.29, 1.82) is 0 Å². The second-order valence-electron chi connectivity index (χ2n) is 6.66. The molecule has 2 rings (SSSR count). The molecule has 138 valence electrons. The van der Waals surface area contributed by atoms with E-state index in [1.807, 2.05) is 11.9 Å². The third-order valence-electron chi connectivity index (χ3n) is 4.43. The summed E-state index contributed by atoms with van der Waals surface area (Å²) >= 11 is 0. The molecule has 2 amide bonds. The van der Waals surface area contributed by atoms with Gasteiger partial charge in [-0.1, -0.05) is 12.1 Å². The van der Waals surface area contributed by atoms with Crippen LogP contribution in [-0.4, -0.2) is 88.0 Å². The second kappa shape index (κ2) is 7.53. The van der Waals surface area contributed by atoms with Crippen LogP contribution in [0.3, 0.4) is 0 Å². The number of piperazine rings is 1. The van der Waals surface area contributed by atoms with E-state index in [0.717, 1.165) is 11.8 Å². The average molecular weight is 367 g/mol. The third-order valence-corrected chi connectivity index (χ3v) is 5.56. The number of nitrogens with zero attached hydrogens (tertiary/aromatic N) is 3. The van der Waals surface area contributed by atoms with Gasteiger partial charge in [-0.15, -0.1) is 0 Å². The first-order valence-electron chi connectivity index (χ1n) is 8.08. The number of amides is 2. The zero-order chi connectivity index (χ0) is 18.8. The Hall–Kier alpha value is -1.93. The maximum atomic E-state index is 12.6. The maximum absolute atomic E-state index is 12.6. The molecule has 0 N–H and O–H groups in total. The lowest BCUT2D eigenvalue weighted by atomic mass is 10.1. The second-order valence-corrected chi connectivity index (χ2v) is 8.68. The van der Waals surface area contributed by atoms with Crippen molar-refractivity contribution in [2.75, 3.05) is 47.0 Å². The van der Waals surface area contributed by atoms with Gasteiger partial charge < -0.3 is 9.80 Å². The zero-order valence-corrected chi connectivity index (χ0v) is 15.9. The Bertz CT molecular complexity index is 744. The molecule has 0 radical (unpaired) electrons. The first-order chi connectivity index (χ1) is 11.6. The molecule has 7 nitrogen and oxygen atoms in total. The SMILES string of the molecule is CN(C)C(=O)C1CN(C(=O)Cc2ccc(S(C)(=O)=O)cc2)CCN1C. The molecule has 8 heteroatoms. The Labute approximate surface area is 149 Å². The highest BCUT2D eigenvalue weighted by Gasteiger charge is 2.32. The fraction of sp³-hybridized carbons (Fsp3) is 0.529. The molecule has 1 aliphatic rings. The van der Waals surface area contributed by atoms with Crippen LogP contribution in [0.4, 0.5) is 0 Å². The van der Waals surface area contributed by atoms with E-state index in [-0.39, 0.29) is 29.2 Å². The van der Waals surface area contributed by atoms with Crippen molar-refractivity contribution < 1.29 is 18.0 Å². The lowest BCUT2D eigenvalue weighted by Gasteiger charge is -2.39. The van der Waals surface area contributed by atoms with Crippen LogP contribution in [0.5, 0.6) is 0 Å². The maximum Gasteiger partial charge on any atom is 0.241 e. The van der Waals surface area contributed by atoms with Crippen molar-refractivity contribution in [3.05, 3.63) is 29.8 Å². The van der Waals surface area contributed by atoms with Crippen LogP contribution >= 0.6 is 0 Å². The van der Waals surface area contributed by atoms with Crippen LogP contribution < -0.4 is 0 Å². The molecular formula is C17H25N3O4S. The largest absolute Gasteiger partial charge is 0.347 e. The van der Waals surface area contributed by atoms with Gasteiger partial charge in [0.15, 0.2) is 9.84 Å². The number of sulfone groups is 1.